The number of carbonyl (C=O) groups is 2. The van der Waals surface area contributed by atoms with Gasteiger partial charge in [0.15, 0.2) is 0 Å². The summed E-state index contributed by atoms with van der Waals surface area (Å²) in [7, 11) is 0. The van der Waals surface area contributed by atoms with E-state index in [0.717, 1.165) is 29.7 Å². The van der Waals surface area contributed by atoms with Crippen LogP contribution in [0, 0.1) is 20.8 Å². The van der Waals surface area contributed by atoms with Gasteiger partial charge in [-0.2, -0.15) is 0 Å². The van der Waals surface area contributed by atoms with E-state index in [9.17, 15) is 14.7 Å². The first-order valence-electron chi connectivity index (χ1n) is 8.74. The number of carbonyl (C=O) groups excluding carboxylic acids is 2. The topological polar surface area (TPSA) is 69.6 Å². The van der Waals surface area contributed by atoms with Gasteiger partial charge >= 0.3 is 0 Å². The molecule has 1 aromatic rings. The van der Waals surface area contributed by atoms with Gasteiger partial charge in [-0.15, -0.1) is 0 Å². The fourth-order valence-electron chi connectivity index (χ4n) is 4.11. The minimum absolute atomic E-state index is 0.0833. The van der Waals surface area contributed by atoms with Gasteiger partial charge in [-0.05, 0) is 64.0 Å². The van der Waals surface area contributed by atoms with E-state index >= 15 is 0 Å². The predicted molar refractivity (Wildman–Crippen MR) is 93.0 cm³/mol. The van der Waals surface area contributed by atoms with Crippen LogP contribution in [0.1, 0.15) is 48.8 Å². The molecule has 1 aromatic carbocycles. The van der Waals surface area contributed by atoms with Gasteiger partial charge in [0.1, 0.15) is 11.6 Å². The van der Waals surface area contributed by atoms with Crippen LogP contribution >= 0.6 is 0 Å². The Balaban J connectivity index is 1.75. The molecule has 5 nitrogen and oxygen atoms in total. The summed E-state index contributed by atoms with van der Waals surface area (Å²) >= 11 is 0. The molecule has 1 saturated heterocycles. The molecular formula is C19H26N2O3. The van der Waals surface area contributed by atoms with E-state index in [1.54, 1.807) is 4.90 Å². The second-order valence-corrected chi connectivity index (χ2v) is 7.29. The van der Waals surface area contributed by atoms with Crippen molar-refractivity contribution in [2.75, 3.05) is 11.4 Å². The molecule has 1 aliphatic carbocycles. The number of rotatable bonds is 3. The fourth-order valence-corrected chi connectivity index (χ4v) is 4.11. The van der Waals surface area contributed by atoms with Crippen molar-refractivity contribution in [3.05, 3.63) is 28.8 Å². The molecule has 1 aliphatic heterocycles. The second-order valence-electron chi connectivity index (χ2n) is 7.29. The number of aliphatic hydroxyl groups is 1. The van der Waals surface area contributed by atoms with Gasteiger partial charge in [-0.3, -0.25) is 9.59 Å². The van der Waals surface area contributed by atoms with E-state index in [2.05, 4.69) is 17.4 Å². The first kappa shape index (κ1) is 17.0. The zero-order valence-corrected chi connectivity index (χ0v) is 14.7. The Morgan fingerprint density at radius 2 is 1.79 bits per heavy atom. The van der Waals surface area contributed by atoms with Crippen molar-refractivity contribution in [3.8, 4) is 0 Å². The summed E-state index contributed by atoms with van der Waals surface area (Å²) in [4.78, 5) is 26.9. The number of aryl methyl sites for hydroxylation is 3. The lowest BCUT2D eigenvalue weighted by Gasteiger charge is -2.24. The molecule has 2 aliphatic rings. The van der Waals surface area contributed by atoms with Gasteiger partial charge in [0.05, 0.1) is 0 Å². The van der Waals surface area contributed by atoms with Gasteiger partial charge < -0.3 is 15.3 Å². The third-order valence-electron chi connectivity index (χ3n) is 5.27. The molecule has 0 bridgehead atoms. The number of hydrogen-bond donors (Lipinski definition) is 2. The maximum Gasteiger partial charge on any atom is 0.252 e. The number of hydrogen-bond acceptors (Lipinski definition) is 3. The molecule has 0 radical (unpaired) electrons. The standard InChI is InChI=1S/C19H26N2O3/c1-12-10-13(2)16(14(3)11-12)21-9-6-15(17(21)22)20-18(23)19(24)7-4-5-8-19/h10-11,15,24H,4-9H2,1-3H3,(H,20,23)/t15-/m0/s1. The Labute approximate surface area is 143 Å². The largest absolute Gasteiger partial charge is 0.380 e. The molecule has 130 valence electrons. The summed E-state index contributed by atoms with van der Waals surface area (Å²) in [5.74, 6) is -0.474. The average Bonchev–Trinajstić information content (AvgIpc) is 3.08. The summed E-state index contributed by atoms with van der Waals surface area (Å²) in [6.07, 6.45) is 3.26. The molecule has 0 aromatic heterocycles. The summed E-state index contributed by atoms with van der Waals surface area (Å²) in [6, 6.07) is 3.60. The fraction of sp³-hybridized carbons (Fsp3) is 0.579. The zero-order chi connectivity index (χ0) is 17.5. The maximum absolute atomic E-state index is 12.8. The van der Waals surface area contributed by atoms with Crippen molar-refractivity contribution in [2.24, 2.45) is 0 Å². The summed E-state index contributed by atoms with van der Waals surface area (Å²) in [5.41, 5.74) is 2.98. The Morgan fingerprint density at radius 1 is 1.21 bits per heavy atom. The molecule has 1 saturated carbocycles. The SMILES string of the molecule is Cc1cc(C)c(N2CC[C@H](NC(=O)C3(O)CCCC3)C2=O)c(C)c1. The van der Waals surface area contributed by atoms with Crippen LogP contribution in [-0.2, 0) is 9.59 Å². The van der Waals surface area contributed by atoms with Crippen LogP contribution in [0.4, 0.5) is 5.69 Å². The van der Waals surface area contributed by atoms with Crippen LogP contribution < -0.4 is 10.2 Å². The van der Waals surface area contributed by atoms with Gasteiger partial charge in [-0.1, -0.05) is 17.7 Å². The van der Waals surface area contributed by atoms with Gasteiger partial charge in [0.25, 0.3) is 5.91 Å². The Morgan fingerprint density at radius 3 is 2.38 bits per heavy atom. The predicted octanol–water partition coefficient (Wildman–Crippen LogP) is 2.14. The van der Waals surface area contributed by atoms with E-state index in [4.69, 9.17) is 0 Å². The van der Waals surface area contributed by atoms with E-state index < -0.39 is 17.6 Å². The normalized spacial score (nSPS) is 22.9. The highest BCUT2D eigenvalue weighted by Gasteiger charge is 2.42. The summed E-state index contributed by atoms with van der Waals surface area (Å²) in [5, 5.41) is 13.2. The van der Waals surface area contributed by atoms with Crippen LogP contribution in [0.25, 0.3) is 0 Å². The van der Waals surface area contributed by atoms with Crippen LogP contribution in [0.3, 0.4) is 0 Å². The summed E-state index contributed by atoms with van der Waals surface area (Å²) in [6.45, 7) is 6.65. The lowest BCUT2D eigenvalue weighted by Crippen LogP contribution is -2.51. The first-order chi connectivity index (χ1) is 11.3. The maximum atomic E-state index is 12.8. The van der Waals surface area contributed by atoms with E-state index in [-0.39, 0.29) is 5.91 Å². The van der Waals surface area contributed by atoms with Gasteiger partial charge in [0, 0.05) is 12.2 Å². The molecule has 1 heterocycles. The second kappa shape index (κ2) is 6.20. The lowest BCUT2D eigenvalue weighted by molar-refractivity contribution is -0.141. The number of benzene rings is 1. The highest BCUT2D eigenvalue weighted by molar-refractivity contribution is 6.03. The molecule has 1 atom stereocenters. The van der Waals surface area contributed by atoms with Crippen molar-refractivity contribution in [3.63, 3.8) is 0 Å². The monoisotopic (exact) mass is 330 g/mol. The van der Waals surface area contributed by atoms with Crippen molar-refractivity contribution in [1.29, 1.82) is 0 Å². The highest BCUT2D eigenvalue weighted by Crippen LogP contribution is 2.32. The van der Waals surface area contributed by atoms with Gasteiger partial charge in [0.2, 0.25) is 5.91 Å². The molecular weight excluding hydrogens is 304 g/mol. The molecule has 24 heavy (non-hydrogen) atoms. The van der Waals surface area contributed by atoms with E-state index in [1.807, 2.05) is 20.8 Å². The minimum atomic E-state index is -1.29. The molecule has 0 unspecified atom stereocenters. The van der Waals surface area contributed by atoms with Crippen LogP contribution in [0.5, 0.6) is 0 Å². The number of nitrogens with zero attached hydrogens (tertiary/aromatic N) is 1. The molecule has 3 rings (SSSR count). The van der Waals surface area contributed by atoms with Crippen molar-refractivity contribution in [1.82, 2.24) is 5.32 Å². The van der Waals surface area contributed by atoms with E-state index in [0.29, 0.717) is 25.8 Å². The third kappa shape index (κ3) is 2.93. The number of anilines is 1. The third-order valence-corrected chi connectivity index (χ3v) is 5.27. The van der Waals surface area contributed by atoms with Crippen LogP contribution in [0.2, 0.25) is 0 Å². The molecule has 0 spiro atoms. The molecule has 2 N–H and O–H groups in total. The Hall–Kier alpha value is -1.88. The highest BCUT2D eigenvalue weighted by atomic mass is 16.3. The van der Waals surface area contributed by atoms with E-state index in [1.165, 1.54) is 5.56 Å². The van der Waals surface area contributed by atoms with Gasteiger partial charge in [-0.25, -0.2) is 0 Å². The number of amides is 2. The Bertz CT molecular complexity index is 654. The quantitative estimate of drug-likeness (QED) is 0.892. The van der Waals surface area contributed by atoms with Crippen molar-refractivity contribution >= 4 is 17.5 Å². The number of nitrogens with one attached hydrogen (secondary N) is 1. The minimum Gasteiger partial charge on any atom is -0.380 e. The Kier molecular flexibility index (Phi) is 4.38. The zero-order valence-electron chi connectivity index (χ0n) is 14.7. The molecule has 2 fully saturated rings. The van der Waals surface area contributed by atoms with Crippen molar-refractivity contribution < 1.29 is 14.7 Å². The van der Waals surface area contributed by atoms with Crippen molar-refractivity contribution in [2.45, 2.75) is 64.5 Å². The first-order valence-corrected chi connectivity index (χ1v) is 8.74. The smallest absolute Gasteiger partial charge is 0.252 e. The van der Waals surface area contributed by atoms with Crippen LogP contribution in [-0.4, -0.2) is 35.1 Å². The summed E-state index contributed by atoms with van der Waals surface area (Å²) < 4.78 is 0. The lowest BCUT2D eigenvalue weighted by atomic mass is 10.0. The average molecular weight is 330 g/mol. The van der Waals surface area contributed by atoms with Crippen LogP contribution in [0.15, 0.2) is 12.1 Å². The molecule has 2 amide bonds. The molecule has 5 heteroatoms.